The number of benzene rings is 1. The second-order valence-corrected chi connectivity index (χ2v) is 5.25. The van der Waals surface area contributed by atoms with Crippen LogP contribution in [0.15, 0.2) is 22.4 Å². The molecule has 1 unspecified atom stereocenters. The van der Waals surface area contributed by atoms with E-state index in [1.54, 1.807) is 6.26 Å². The van der Waals surface area contributed by atoms with Gasteiger partial charge in [-0.25, -0.2) is 4.68 Å². The van der Waals surface area contributed by atoms with Crippen molar-refractivity contribution >= 4 is 23.5 Å². The second-order valence-electron chi connectivity index (χ2n) is 4.48. The van der Waals surface area contributed by atoms with Gasteiger partial charge in [0.2, 0.25) is 10.9 Å². The molecule has 0 radical (unpaired) electrons. The SMILES string of the molecule is CSc1nc2n(n1)C(c1ccc(O)c(O)c1O)C([N+](=O)[O-])=NN2. The van der Waals surface area contributed by atoms with Crippen molar-refractivity contribution in [2.24, 2.45) is 5.10 Å². The second kappa shape index (κ2) is 5.31. The third-order valence-electron chi connectivity index (χ3n) is 3.20. The molecule has 4 N–H and O–H groups in total. The van der Waals surface area contributed by atoms with Gasteiger partial charge in [0.1, 0.15) is 0 Å². The Hall–Kier alpha value is -3.02. The first-order chi connectivity index (χ1) is 10.9. The van der Waals surface area contributed by atoms with Gasteiger partial charge < -0.3 is 25.4 Å². The van der Waals surface area contributed by atoms with Crippen LogP contribution in [0.3, 0.4) is 0 Å². The molecular weight excluding hydrogens is 328 g/mol. The van der Waals surface area contributed by atoms with E-state index in [4.69, 9.17) is 0 Å². The van der Waals surface area contributed by atoms with Crippen molar-refractivity contribution in [1.82, 2.24) is 14.8 Å². The number of hydrogen-bond donors (Lipinski definition) is 4. The highest BCUT2D eigenvalue weighted by molar-refractivity contribution is 7.98. The van der Waals surface area contributed by atoms with Crippen LogP contribution < -0.4 is 5.43 Å². The minimum Gasteiger partial charge on any atom is -0.504 e. The summed E-state index contributed by atoms with van der Waals surface area (Å²) in [7, 11) is 0. The monoisotopic (exact) mass is 338 g/mol. The van der Waals surface area contributed by atoms with E-state index < -0.39 is 34.0 Å². The van der Waals surface area contributed by atoms with Gasteiger partial charge in [-0.3, -0.25) is 0 Å². The lowest BCUT2D eigenvalue weighted by Crippen LogP contribution is -2.33. The summed E-state index contributed by atoms with van der Waals surface area (Å²) in [5.74, 6) is -2.43. The fraction of sp³-hybridized carbons (Fsp3) is 0.182. The maximum absolute atomic E-state index is 11.3. The van der Waals surface area contributed by atoms with Crippen molar-refractivity contribution in [3.8, 4) is 17.2 Å². The molecule has 0 bridgehead atoms. The molecule has 2 heterocycles. The Morgan fingerprint density at radius 3 is 2.74 bits per heavy atom. The molecule has 1 aliphatic rings. The molecule has 11 nitrogen and oxygen atoms in total. The highest BCUT2D eigenvalue weighted by Crippen LogP contribution is 2.42. The molecule has 2 aromatic rings. The van der Waals surface area contributed by atoms with E-state index in [2.05, 4.69) is 20.6 Å². The molecule has 1 atom stereocenters. The van der Waals surface area contributed by atoms with Gasteiger partial charge in [-0.2, -0.15) is 4.98 Å². The zero-order valence-corrected chi connectivity index (χ0v) is 12.4. The maximum Gasteiger partial charge on any atom is 0.393 e. The van der Waals surface area contributed by atoms with E-state index in [9.17, 15) is 25.4 Å². The minimum atomic E-state index is -1.22. The van der Waals surface area contributed by atoms with Gasteiger partial charge in [-0.15, -0.1) is 10.5 Å². The van der Waals surface area contributed by atoms with Crippen LogP contribution in [0.5, 0.6) is 17.2 Å². The first-order valence-electron chi connectivity index (χ1n) is 6.16. The van der Waals surface area contributed by atoms with Crippen molar-refractivity contribution in [2.45, 2.75) is 11.2 Å². The zero-order valence-electron chi connectivity index (χ0n) is 11.5. The summed E-state index contributed by atoms with van der Waals surface area (Å²) in [5, 5.41) is 48.5. The highest BCUT2D eigenvalue weighted by atomic mass is 32.2. The summed E-state index contributed by atoms with van der Waals surface area (Å²) < 4.78 is 1.18. The van der Waals surface area contributed by atoms with Gasteiger partial charge in [0.15, 0.2) is 17.5 Å². The molecule has 0 aliphatic carbocycles. The van der Waals surface area contributed by atoms with E-state index in [1.807, 2.05) is 0 Å². The Kier molecular flexibility index (Phi) is 3.44. The molecule has 12 heteroatoms. The van der Waals surface area contributed by atoms with Gasteiger partial charge in [0.05, 0.1) is 5.10 Å². The first-order valence-corrected chi connectivity index (χ1v) is 7.38. The number of aromatic nitrogens is 3. The van der Waals surface area contributed by atoms with E-state index in [1.165, 1.54) is 22.5 Å². The van der Waals surface area contributed by atoms with E-state index in [0.717, 1.165) is 6.07 Å². The van der Waals surface area contributed by atoms with Crippen LogP contribution in [0.1, 0.15) is 11.6 Å². The average molecular weight is 338 g/mol. The molecule has 0 spiro atoms. The lowest BCUT2D eigenvalue weighted by Gasteiger charge is -2.19. The first kappa shape index (κ1) is 14.9. The van der Waals surface area contributed by atoms with E-state index in [0.29, 0.717) is 5.16 Å². The largest absolute Gasteiger partial charge is 0.504 e. The molecule has 0 amide bonds. The van der Waals surface area contributed by atoms with Crippen molar-refractivity contribution in [2.75, 3.05) is 11.7 Å². The molecular formula is C11H10N6O5S. The predicted octanol–water partition coefficient (Wildman–Crippen LogP) is 0.722. The van der Waals surface area contributed by atoms with Crippen LogP contribution in [0.25, 0.3) is 0 Å². The lowest BCUT2D eigenvalue weighted by atomic mass is 10.0. The maximum atomic E-state index is 11.3. The van der Waals surface area contributed by atoms with Gasteiger partial charge in [-0.05, 0) is 23.3 Å². The van der Waals surface area contributed by atoms with Crippen LogP contribution in [0.4, 0.5) is 5.95 Å². The fourth-order valence-electron chi connectivity index (χ4n) is 2.14. The molecule has 1 aromatic carbocycles. The van der Waals surface area contributed by atoms with E-state index in [-0.39, 0.29) is 11.5 Å². The third kappa shape index (κ3) is 2.28. The predicted molar refractivity (Wildman–Crippen MR) is 79.4 cm³/mol. The number of hydrazone groups is 1. The Morgan fingerprint density at radius 2 is 2.09 bits per heavy atom. The van der Waals surface area contributed by atoms with Crippen molar-refractivity contribution in [3.05, 3.63) is 27.8 Å². The van der Waals surface area contributed by atoms with E-state index >= 15 is 0 Å². The molecule has 0 saturated carbocycles. The number of phenols is 3. The molecule has 0 saturated heterocycles. The number of nitrogens with one attached hydrogen (secondary N) is 1. The minimum absolute atomic E-state index is 0.0453. The summed E-state index contributed by atoms with van der Waals surface area (Å²) >= 11 is 1.22. The number of nitro groups is 1. The van der Waals surface area contributed by atoms with Gasteiger partial charge >= 0.3 is 5.84 Å². The fourth-order valence-corrected chi connectivity index (χ4v) is 2.49. The topological polar surface area (TPSA) is 159 Å². The summed E-state index contributed by atoms with van der Waals surface area (Å²) in [6.45, 7) is 0. The Balaban J connectivity index is 2.22. The summed E-state index contributed by atoms with van der Waals surface area (Å²) in [6.07, 6.45) is 1.73. The Bertz CT molecular complexity index is 835. The van der Waals surface area contributed by atoms with Gasteiger partial charge in [-0.1, -0.05) is 11.8 Å². The molecule has 23 heavy (non-hydrogen) atoms. The van der Waals surface area contributed by atoms with Crippen molar-refractivity contribution in [3.63, 3.8) is 0 Å². The smallest absolute Gasteiger partial charge is 0.393 e. The highest BCUT2D eigenvalue weighted by Gasteiger charge is 2.40. The standard InChI is InChI=1S/C11H10N6O5S/c1-23-11-12-10-14-13-9(17(21)22)6(16(10)15-11)4-2-3-5(18)8(20)7(4)19/h2-3,6,18-20H,1H3,(H,12,14,15). The Labute approximate surface area is 132 Å². The number of phenolic OH excluding ortho intramolecular Hbond substituents is 3. The zero-order chi connectivity index (χ0) is 16.7. The number of nitrogens with zero attached hydrogens (tertiary/aromatic N) is 5. The number of fused-ring (bicyclic) bond motifs is 1. The molecule has 3 rings (SSSR count). The molecule has 1 aliphatic heterocycles. The number of thioether (sulfide) groups is 1. The summed E-state index contributed by atoms with van der Waals surface area (Å²) in [4.78, 5) is 14.6. The number of amidine groups is 1. The number of hydrogen-bond acceptors (Lipinski definition) is 10. The summed E-state index contributed by atoms with van der Waals surface area (Å²) in [6, 6.07) is 1.13. The Morgan fingerprint density at radius 1 is 1.35 bits per heavy atom. The van der Waals surface area contributed by atoms with Crippen LogP contribution >= 0.6 is 11.8 Å². The number of aromatic hydroxyl groups is 3. The van der Waals surface area contributed by atoms with Gasteiger partial charge in [0, 0.05) is 5.56 Å². The van der Waals surface area contributed by atoms with Crippen molar-refractivity contribution < 1.29 is 20.2 Å². The quantitative estimate of drug-likeness (QED) is 0.268. The third-order valence-corrected chi connectivity index (χ3v) is 3.73. The van der Waals surface area contributed by atoms with Crippen LogP contribution in [0, 0.1) is 10.1 Å². The van der Waals surface area contributed by atoms with Crippen molar-refractivity contribution in [1.29, 1.82) is 0 Å². The molecule has 120 valence electrons. The van der Waals surface area contributed by atoms with Gasteiger partial charge in [0.25, 0.3) is 5.95 Å². The van der Waals surface area contributed by atoms with Crippen LogP contribution in [-0.4, -0.2) is 47.1 Å². The molecule has 0 fully saturated rings. The normalized spacial score (nSPS) is 16.4. The van der Waals surface area contributed by atoms with Crippen LogP contribution in [-0.2, 0) is 0 Å². The van der Waals surface area contributed by atoms with Crippen LogP contribution in [0.2, 0.25) is 0 Å². The molecule has 1 aromatic heterocycles. The summed E-state index contributed by atoms with van der Waals surface area (Å²) in [5.41, 5.74) is 2.38. The number of anilines is 1. The lowest BCUT2D eigenvalue weighted by molar-refractivity contribution is -0.355. The average Bonchev–Trinajstić information content (AvgIpc) is 2.95. The number of rotatable bonds is 2.